The number of hydrogen-bond acceptors (Lipinski definition) is 4. The number of thioether (sulfide) groups is 1. The maximum atomic E-state index is 12.5. The molecular formula is C19H25N3O2S. The Bertz CT molecular complexity index is 710. The van der Waals surface area contributed by atoms with Crippen LogP contribution in [0.25, 0.3) is 5.69 Å². The molecule has 0 saturated heterocycles. The third kappa shape index (κ3) is 4.57. The van der Waals surface area contributed by atoms with Crippen LogP contribution in [-0.2, 0) is 4.79 Å². The van der Waals surface area contributed by atoms with E-state index in [2.05, 4.69) is 10.3 Å². The molecule has 1 atom stereocenters. The normalized spacial score (nSPS) is 16.4. The first-order chi connectivity index (χ1) is 12.2. The number of carbonyl (C=O) groups is 1. The fraction of sp³-hybridized carbons (Fsp3) is 0.474. The maximum absolute atomic E-state index is 12.5. The van der Waals surface area contributed by atoms with Crippen molar-refractivity contribution in [2.24, 2.45) is 0 Å². The molecule has 25 heavy (non-hydrogen) atoms. The molecule has 1 unspecified atom stereocenters. The van der Waals surface area contributed by atoms with Crippen LogP contribution < -0.4 is 10.1 Å². The zero-order chi connectivity index (χ0) is 17.6. The van der Waals surface area contributed by atoms with Crippen molar-refractivity contribution >= 4 is 17.7 Å². The highest BCUT2D eigenvalue weighted by Crippen LogP contribution is 2.27. The van der Waals surface area contributed by atoms with Gasteiger partial charge in [0.25, 0.3) is 0 Å². The lowest BCUT2D eigenvalue weighted by Crippen LogP contribution is -2.40. The highest BCUT2D eigenvalue weighted by atomic mass is 32.2. The summed E-state index contributed by atoms with van der Waals surface area (Å²) >= 11 is 1.48. The summed E-state index contributed by atoms with van der Waals surface area (Å²) in [6.45, 7) is 1.94. The van der Waals surface area contributed by atoms with Gasteiger partial charge in [-0.1, -0.05) is 37.1 Å². The van der Waals surface area contributed by atoms with Crippen LogP contribution in [0.1, 0.15) is 39.0 Å². The van der Waals surface area contributed by atoms with E-state index in [1.165, 1.54) is 31.0 Å². The molecule has 0 aliphatic heterocycles. The van der Waals surface area contributed by atoms with E-state index >= 15 is 0 Å². The largest absolute Gasteiger partial charge is 0.497 e. The van der Waals surface area contributed by atoms with Gasteiger partial charge in [-0.2, -0.15) is 0 Å². The van der Waals surface area contributed by atoms with Gasteiger partial charge >= 0.3 is 0 Å². The molecule has 0 bridgehead atoms. The van der Waals surface area contributed by atoms with Crippen LogP contribution in [0.2, 0.25) is 0 Å². The highest BCUT2D eigenvalue weighted by Gasteiger charge is 2.22. The molecule has 3 rings (SSSR count). The van der Waals surface area contributed by atoms with Gasteiger partial charge in [0.15, 0.2) is 5.16 Å². The molecule has 6 heteroatoms. The summed E-state index contributed by atoms with van der Waals surface area (Å²) in [5.41, 5.74) is 0.972. The number of aromatic nitrogens is 2. The number of ether oxygens (including phenoxy) is 1. The molecule has 134 valence electrons. The molecule has 1 aromatic heterocycles. The van der Waals surface area contributed by atoms with Crippen LogP contribution in [-0.4, -0.2) is 33.9 Å². The number of methoxy groups -OCH3 is 1. The second-order valence-corrected chi connectivity index (χ2v) is 7.69. The van der Waals surface area contributed by atoms with Crippen molar-refractivity contribution in [3.8, 4) is 11.4 Å². The summed E-state index contributed by atoms with van der Waals surface area (Å²) < 4.78 is 7.28. The molecule has 1 aliphatic rings. The SMILES string of the molecule is COc1cccc(-n2ccnc2SC(C)C(=O)NC2CCCCC2)c1. The number of rotatable bonds is 6. The number of imidazole rings is 1. The molecule has 1 amide bonds. The van der Waals surface area contributed by atoms with Crippen LogP contribution in [0.5, 0.6) is 5.75 Å². The van der Waals surface area contributed by atoms with Gasteiger partial charge in [-0.05, 0) is 31.9 Å². The molecule has 5 nitrogen and oxygen atoms in total. The van der Waals surface area contributed by atoms with Gasteiger partial charge in [-0.3, -0.25) is 9.36 Å². The number of hydrogen-bond donors (Lipinski definition) is 1. The van der Waals surface area contributed by atoms with E-state index in [1.54, 1.807) is 13.3 Å². The van der Waals surface area contributed by atoms with Crippen molar-refractivity contribution in [1.29, 1.82) is 0 Å². The first-order valence-corrected chi connectivity index (χ1v) is 9.70. The molecule has 1 heterocycles. The van der Waals surface area contributed by atoms with E-state index in [1.807, 2.05) is 42.0 Å². The summed E-state index contributed by atoms with van der Waals surface area (Å²) in [4.78, 5) is 16.9. The predicted octanol–water partition coefficient (Wildman–Crippen LogP) is 3.81. The smallest absolute Gasteiger partial charge is 0.233 e. The first kappa shape index (κ1) is 17.9. The van der Waals surface area contributed by atoms with Crippen molar-refractivity contribution in [2.45, 2.75) is 55.5 Å². The number of carbonyl (C=O) groups excluding carboxylic acids is 1. The van der Waals surface area contributed by atoms with Gasteiger partial charge in [0, 0.05) is 24.5 Å². The number of amides is 1. The summed E-state index contributed by atoms with van der Waals surface area (Å²) in [7, 11) is 1.65. The molecule has 1 aliphatic carbocycles. The van der Waals surface area contributed by atoms with Gasteiger partial charge in [-0.25, -0.2) is 4.98 Å². The minimum Gasteiger partial charge on any atom is -0.497 e. The maximum Gasteiger partial charge on any atom is 0.233 e. The molecule has 1 saturated carbocycles. The van der Waals surface area contributed by atoms with Crippen LogP contribution >= 0.6 is 11.8 Å². The molecule has 1 N–H and O–H groups in total. The summed E-state index contributed by atoms with van der Waals surface area (Å²) in [6.07, 6.45) is 9.58. The zero-order valence-corrected chi connectivity index (χ0v) is 15.6. The monoisotopic (exact) mass is 359 g/mol. The Morgan fingerprint density at radius 2 is 2.16 bits per heavy atom. The van der Waals surface area contributed by atoms with Crippen molar-refractivity contribution in [3.05, 3.63) is 36.7 Å². The summed E-state index contributed by atoms with van der Waals surface area (Å²) in [6, 6.07) is 8.15. The molecule has 1 fully saturated rings. The number of nitrogens with one attached hydrogen (secondary N) is 1. The Hall–Kier alpha value is -1.95. The van der Waals surface area contributed by atoms with Crippen molar-refractivity contribution in [3.63, 3.8) is 0 Å². The first-order valence-electron chi connectivity index (χ1n) is 8.82. The quantitative estimate of drug-likeness (QED) is 0.797. The summed E-state index contributed by atoms with van der Waals surface area (Å²) in [5.74, 6) is 0.891. The van der Waals surface area contributed by atoms with Gasteiger partial charge in [0.1, 0.15) is 5.75 Å². The number of benzene rings is 1. The van der Waals surface area contributed by atoms with Crippen LogP contribution in [0.4, 0.5) is 0 Å². The third-order valence-corrected chi connectivity index (χ3v) is 5.62. The van der Waals surface area contributed by atoms with E-state index in [0.29, 0.717) is 6.04 Å². The Balaban J connectivity index is 1.66. The Morgan fingerprint density at radius 3 is 2.92 bits per heavy atom. The van der Waals surface area contributed by atoms with Gasteiger partial charge < -0.3 is 10.1 Å². The molecule has 0 radical (unpaired) electrons. The second-order valence-electron chi connectivity index (χ2n) is 6.38. The van der Waals surface area contributed by atoms with Crippen LogP contribution in [0.15, 0.2) is 41.8 Å². The van der Waals surface area contributed by atoms with Crippen molar-refractivity contribution in [2.75, 3.05) is 7.11 Å². The minimum atomic E-state index is -0.186. The van der Waals surface area contributed by atoms with Crippen LogP contribution in [0.3, 0.4) is 0 Å². The Morgan fingerprint density at radius 1 is 1.36 bits per heavy atom. The average molecular weight is 359 g/mol. The van der Waals surface area contributed by atoms with Crippen molar-refractivity contribution < 1.29 is 9.53 Å². The van der Waals surface area contributed by atoms with Gasteiger partial charge in [-0.15, -0.1) is 0 Å². The van der Waals surface area contributed by atoms with Gasteiger partial charge in [0.05, 0.1) is 18.0 Å². The number of nitrogens with zero attached hydrogens (tertiary/aromatic N) is 2. The van der Waals surface area contributed by atoms with E-state index in [0.717, 1.165) is 29.4 Å². The Labute approximate surface area is 153 Å². The van der Waals surface area contributed by atoms with E-state index in [4.69, 9.17) is 4.74 Å². The molecule has 0 spiro atoms. The van der Waals surface area contributed by atoms with Crippen LogP contribution in [0, 0.1) is 0 Å². The van der Waals surface area contributed by atoms with E-state index in [-0.39, 0.29) is 11.2 Å². The standard InChI is InChI=1S/C19H25N3O2S/c1-14(18(23)21-15-7-4-3-5-8-15)25-19-20-11-12-22(19)16-9-6-10-17(13-16)24-2/h6,9-15H,3-5,7-8H2,1-2H3,(H,21,23). The van der Waals surface area contributed by atoms with E-state index in [9.17, 15) is 4.79 Å². The predicted molar refractivity (Wildman–Crippen MR) is 100 cm³/mol. The lowest BCUT2D eigenvalue weighted by Gasteiger charge is -2.24. The summed E-state index contributed by atoms with van der Waals surface area (Å²) in [5, 5.41) is 3.81. The molecule has 2 aromatic rings. The third-order valence-electron chi connectivity index (χ3n) is 4.54. The highest BCUT2D eigenvalue weighted by molar-refractivity contribution is 8.00. The van der Waals surface area contributed by atoms with Crippen molar-refractivity contribution in [1.82, 2.24) is 14.9 Å². The topological polar surface area (TPSA) is 56.2 Å². The zero-order valence-electron chi connectivity index (χ0n) is 14.8. The fourth-order valence-electron chi connectivity index (χ4n) is 3.11. The Kier molecular flexibility index (Phi) is 6.02. The fourth-order valence-corrected chi connectivity index (χ4v) is 4.00. The van der Waals surface area contributed by atoms with E-state index < -0.39 is 0 Å². The lowest BCUT2D eigenvalue weighted by atomic mass is 9.95. The van der Waals surface area contributed by atoms with Gasteiger partial charge in [0.2, 0.25) is 5.91 Å². The second kappa shape index (κ2) is 8.43. The average Bonchev–Trinajstić information content (AvgIpc) is 3.10. The molecule has 1 aromatic carbocycles. The lowest BCUT2D eigenvalue weighted by molar-refractivity contribution is -0.121. The minimum absolute atomic E-state index is 0.0945. The molecular weight excluding hydrogens is 334 g/mol.